The molecule has 0 fully saturated rings. The van der Waals surface area contributed by atoms with Crippen LogP contribution in [0.15, 0.2) is 30.3 Å². The molecule has 1 rings (SSSR count). The minimum Gasteiger partial charge on any atom is -0.481 e. The maximum atomic E-state index is 11.1. The van der Waals surface area contributed by atoms with E-state index in [9.17, 15) is 4.79 Å². The molecule has 2 nitrogen and oxygen atoms in total. The zero-order valence-corrected chi connectivity index (χ0v) is 9.31. The van der Waals surface area contributed by atoms with Gasteiger partial charge in [0.05, 0.1) is 5.92 Å². The van der Waals surface area contributed by atoms with Gasteiger partial charge in [-0.05, 0) is 17.9 Å². The lowest BCUT2D eigenvalue weighted by atomic mass is 9.86. The first kappa shape index (κ1) is 11.8. The average Bonchev–Trinajstić information content (AvgIpc) is 2.26. The standard InChI is InChI=1S/C13H18O2/c1-3-10(2)12(13(14)15)9-11-7-5-4-6-8-11/h4-8,10,12H,3,9H2,1-2H3,(H,14,15). The van der Waals surface area contributed by atoms with Gasteiger partial charge in [0.2, 0.25) is 0 Å². The minimum absolute atomic E-state index is 0.225. The van der Waals surface area contributed by atoms with Crippen molar-refractivity contribution in [1.82, 2.24) is 0 Å². The molecule has 2 atom stereocenters. The molecule has 2 unspecified atom stereocenters. The molecule has 15 heavy (non-hydrogen) atoms. The number of rotatable bonds is 5. The molecule has 0 aromatic heterocycles. The smallest absolute Gasteiger partial charge is 0.307 e. The van der Waals surface area contributed by atoms with Gasteiger partial charge < -0.3 is 5.11 Å². The van der Waals surface area contributed by atoms with Crippen LogP contribution in [-0.2, 0) is 11.2 Å². The maximum Gasteiger partial charge on any atom is 0.307 e. The number of hydrogen-bond donors (Lipinski definition) is 1. The molecule has 0 amide bonds. The van der Waals surface area contributed by atoms with Crippen LogP contribution in [-0.4, -0.2) is 11.1 Å². The van der Waals surface area contributed by atoms with E-state index >= 15 is 0 Å². The minimum atomic E-state index is -0.687. The molecule has 0 saturated carbocycles. The summed E-state index contributed by atoms with van der Waals surface area (Å²) in [7, 11) is 0. The van der Waals surface area contributed by atoms with Gasteiger partial charge in [-0.3, -0.25) is 4.79 Å². The van der Waals surface area contributed by atoms with Crippen LogP contribution < -0.4 is 0 Å². The van der Waals surface area contributed by atoms with Crippen molar-refractivity contribution in [2.45, 2.75) is 26.7 Å². The predicted octanol–water partition coefficient (Wildman–Crippen LogP) is 2.98. The molecule has 0 saturated heterocycles. The summed E-state index contributed by atoms with van der Waals surface area (Å²) in [5, 5.41) is 9.14. The van der Waals surface area contributed by atoms with Gasteiger partial charge in [0.15, 0.2) is 0 Å². The predicted molar refractivity (Wildman–Crippen MR) is 60.7 cm³/mol. The fourth-order valence-electron chi connectivity index (χ4n) is 1.68. The van der Waals surface area contributed by atoms with Gasteiger partial charge in [0.25, 0.3) is 0 Å². The SMILES string of the molecule is CCC(C)C(Cc1ccccc1)C(=O)O. The van der Waals surface area contributed by atoms with Gasteiger partial charge >= 0.3 is 5.97 Å². The van der Waals surface area contributed by atoms with Crippen LogP contribution in [0.4, 0.5) is 0 Å². The Morgan fingerprint density at radius 3 is 2.40 bits per heavy atom. The second-order valence-corrected chi connectivity index (χ2v) is 4.02. The number of carboxylic acid groups (broad SMARTS) is 1. The van der Waals surface area contributed by atoms with E-state index in [2.05, 4.69) is 0 Å². The number of aliphatic carboxylic acids is 1. The maximum absolute atomic E-state index is 11.1. The summed E-state index contributed by atoms with van der Waals surface area (Å²) >= 11 is 0. The lowest BCUT2D eigenvalue weighted by Crippen LogP contribution is -2.23. The third-order valence-electron chi connectivity index (χ3n) is 2.95. The van der Waals surface area contributed by atoms with Gasteiger partial charge in [-0.15, -0.1) is 0 Å². The van der Waals surface area contributed by atoms with Crippen molar-refractivity contribution in [2.75, 3.05) is 0 Å². The second kappa shape index (κ2) is 5.54. The fourth-order valence-corrected chi connectivity index (χ4v) is 1.68. The van der Waals surface area contributed by atoms with Gasteiger partial charge in [0, 0.05) is 0 Å². The topological polar surface area (TPSA) is 37.3 Å². The van der Waals surface area contributed by atoms with Crippen LogP contribution in [0.2, 0.25) is 0 Å². The molecule has 0 spiro atoms. The molecular formula is C13H18O2. The molecule has 1 aromatic carbocycles. The Bertz CT molecular complexity index is 306. The molecule has 1 aromatic rings. The van der Waals surface area contributed by atoms with E-state index in [-0.39, 0.29) is 11.8 Å². The number of benzene rings is 1. The van der Waals surface area contributed by atoms with E-state index in [1.165, 1.54) is 0 Å². The fraction of sp³-hybridized carbons (Fsp3) is 0.462. The Hall–Kier alpha value is -1.31. The highest BCUT2D eigenvalue weighted by atomic mass is 16.4. The van der Waals surface area contributed by atoms with E-state index in [4.69, 9.17) is 5.11 Å². The number of carboxylic acids is 1. The number of carbonyl (C=O) groups is 1. The molecule has 82 valence electrons. The van der Waals surface area contributed by atoms with Crippen LogP contribution in [0, 0.1) is 11.8 Å². The highest BCUT2D eigenvalue weighted by molar-refractivity contribution is 5.70. The Kier molecular flexibility index (Phi) is 4.35. The molecule has 0 aliphatic heterocycles. The molecule has 1 N–H and O–H groups in total. The van der Waals surface area contributed by atoms with Crippen molar-refractivity contribution in [2.24, 2.45) is 11.8 Å². The summed E-state index contributed by atoms with van der Waals surface area (Å²) in [6, 6.07) is 9.81. The quantitative estimate of drug-likeness (QED) is 0.804. The average molecular weight is 206 g/mol. The lowest BCUT2D eigenvalue weighted by molar-refractivity contribution is -0.143. The largest absolute Gasteiger partial charge is 0.481 e. The monoisotopic (exact) mass is 206 g/mol. The van der Waals surface area contributed by atoms with Crippen molar-refractivity contribution in [3.8, 4) is 0 Å². The van der Waals surface area contributed by atoms with E-state index in [0.717, 1.165) is 12.0 Å². The van der Waals surface area contributed by atoms with E-state index in [1.54, 1.807) is 0 Å². The zero-order valence-electron chi connectivity index (χ0n) is 9.31. The van der Waals surface area contributed by atoms with Crippen molar-refractivity contribution >= 4 is 5.97 Å². The van der Waals surface area contributed by atoms with E-state index in [0.29, 0.717) is 6.42 Å². The summed E-state index contributed by atoms with van der Waals surface area (Å²) in [5.74, 6) is -0.728. The van der Waals surface area contributed by atoms with Gasteiger partial charge in [-0.2, -0.15) is 0 Å². The summed E-state index contributed by atoms with van der Waals surface area (Å²) in [6.07, 6.45) is 1.54. The van der Waals surface area contributed by atoms with Gasteiger partial charge in [-0.1, -0.05) is 50.6 Å². The molecule has 0 aliphatic carbocycles. The van der Waals surface area contributed by atoms with Crippen LogP contribution in [0.25, 0.3) is 0 Å². The van der Waals surface area contributed by atoms with Crippen LogP contribution in [0.3, 0.4) is 0 Å². The molecule has 0 radical (unpaired) electrons. The summed E-state index contributed by atoms with van der Waals surface area (Å²) in [5.41, 5.74) is 1.10. The lowest BCUT2D eigenvalue weighted by Gasteiger charge is -2.18. The third-order valence-corrected chi connectivity index (χ3v) is 2.95. The van der Waals surface area contributed by atoms with Crippen molar-refractivity contribution in [3.05, 3.63) is 35.9 Å². The first-order valence-electron chi connectivity index (χ1n) is 5.41. The Labute approximate surface area is 90.9 Å². The van der Waals surface area contributed by atoms with E-state index < -0.39 is 5.97 Å². The zero-order chi connectivity index (χ0) is 11.3. The molecular weight excluding hydrogens is 188 g/mol. The Morgan fingerprint density at radius 2 is 1.93 bits per heavy atom. The Balaban J connectivity index is 2.71. The second-order valence-electron chi connectivity index (χ2n) is 4.02. The molecule has 2 heteroatoms. The highest BCUT2D eigenvalue weighted by Gasteiger charge is 2.23. The molecule has 0 heterocycles. The first-order valence-corrected chi connectivity index (χ1v) is 5.41. The van der Waals surface area contributed by atoms with Crippen molar-refractivity contribution in [1.29, 1.82) is 0 Å². The summed E-state index contributed by atoms with van der Waals surface area (Å²) in [6.45, 7) is 4.04. The normalized spacial score (nSPS) is 14.5. The highest BCUT2D eigenvalue weighted by Crippen LogP contribution is 2.20. The summed E-state index contributed by atoms with van der Waals surface area (Å²) < 4.78 is 0. The van der Waals surface area contributed by atoms with Crippen LogP contribution in [0.1, 0.15) is 25.8 Å². The van der Waals surface area contributed by atoms with Crippen molar-refractivity contribution in [3.63, 3.8) is 0 Å². The third kappa shape index (κ3) is 3.39. The Morgan fingerprint density at radius 1 is 1.33 bits per heavy atom. The molecule has 0 bridgehead atoms. The van der Waals surface area contributed by atoms with E-state index in [1.807, 2.05) is 44.2 Å². The van der Waals surface area contributed by atoms with Gasteiger partial charge in [-0.25, -0.2) is 0 Å². The number of hydrogen-bond acceptors (Lipinski definition) is 1. The van der Waals surface area contributed by atoms with Gasteiger partial charge in [0.1, 0.15) is 0 Å². The van der Waals surface area contributed by atoms with Crippen LogP contribution >= 0.6 is 0 Å². The first-order chi connectivity index (χ1) is 7.15. The summed E-state index contributed by atoms with van der Waals surface area (Å²) in [4.78, 5) is 11.1. The van der Waals surface area contributed by atoms with Crippen LogP contribution in [0.5, 0.6) is 0 Å². The van der Waals surface area contributed by atoms with Crippen molar-refractivity contribution < 1.29 is 9.90 Å². The molecule has 0 aliphatic rings.